The second-order valence-electron chi connectivity index (χ2n) is 4.77. The summed E-state index contributed by atoms with van der Waals surface area (Å²) in [4.78, 5) is 8.85. The van der Waals surface area contributed by atoms with Crippen LogP contribution in [0, 0.1) is 0 Å². The van der Waals surface area contributed by atoms with Gasteiger partial charge in [0, 0.05) is 17.6 Å². The first-order chi connectivity index (χ1) is 9.85. The summed E-state index contributed by atoms with van der Waals surface area (Å²) in [7, 11) is 1.66. The third-order valence-electron chi connectivity index (χ3n) is 3.35. The van der Waals surface area contributed by atoms with E-state index < -0.39 is 0 Å². The predicted octanol–water partition coefficient (Wildman–Crippen LogP) is 2.53. The van der Waals surface area contributed by atoms with E-state index in [1.54, 1.807) is 7.11 Å². The molecular weight excluding hydrogens is 252 g/mol. The number of hydrogen-bond donors (Lipinski definition) is 2. The monoisotopic (exact) mass is 270 g/mol. The van der Waals surface area contributed by atoms with Crippen LogP contribution in [0.2, 0.25) is 0 Å². The van der Waals surface area contributed by atoms with Gasteiger partial charge in [0.25, 0.3) is 0 Å². The van der Waals surface area contributed by atoms with E-state index in [0.717, 1.165) is 36.4 Å². The molecule has 0 fully saturated rings. The van der Waals surface area contributed by atoms with Crippen LogP contribution >= 0.6 is 0 Å². The van der Waals surface area contributed by atoms with Crippen LogP contribution in [-0.2, 0) is 0 Å². The first-order valence-electron chi connectivity index (χ1n) is 6.81. The van der Waals surface area contributed by atoms with Crippen LogP contribution in [0.3, 0.4) is 0 Å². The van der Waals surface area contributed by atoms with Crippen molar-refractivity contribution in [2.45, 2.75) is 25.6 Å². The van der Waals surface area contributed by atoms with E-state index in [9.17, 15) is 0 Å². The zero-order chi connectivity index (χ0) is 13.8. The zero-order valence-corrected chi connectivity index (χ0v) is 11.5. The molecule has 20 heavy (non-hydrogen) atoms. The maximum atomic E-state index is 5.15. The molecule has 0 spiro atoms. The molecule has 1 unspecified atom stereocenters. The number of aliphatic imine (C=N–C) groups is 2. The van der Waals surface area contributed by atoms with Crippen LogP contribution in [0.4, 0.5) is 5.69 Å². The third-order valence-corrected chi connectivity index (χ3v) is 3.35. The highest BCUT2D eigenvalue weighted by Crippen LogP contribution is 2.20. The fourth-order valence-corrected chi connectivity index (χ4v) is 2.26. The normalized spacial score (nSPS) is 20.9. The molecule has 5 nitrogen and oxygen atoms in total. The van der Waals surface area contributed by atoms with Gasteiger partial charge in [-0.1, -0.05) is 0 Å². The molecule has 5 heteroatoms. The van der Waals surface area contributed by atoms with Crippen molar-refractivity contribution in [3.05, 3.63) is 35.7 Å². The van der Waals surface area contributed by atoms with Crippen molar-refractivity contribution in [3.8, 4) is 5.75 Å². The third kappa shape index (κ3) is 2.82. The van der Waals surface area contributed by atoms with Gasteiger partial charge in [-0.2, -0.15) is 0 Å². The molecule has 2 heterocycles. The van der Waals surface area contributed by atoms with Crippen LogP contribution in [-0.4, -0.2) is 25.8 Å². The zero-order valence-electron chi connectivity index (χ0n) is 11.5. The summed E-state index contributed by atoms with van der Waals surface area (Å²) >= 11 is 0. The average molecular weight is 270 g/mol. The molecular formula is C15H18N4O. The smallest absolute Gasteiger partial charge is 0.194 e. The van der Waals surface area contributed by atoms with Crippen LogP contribution in [0.1, 0.15) is 19.3 Å². The Balaban J connectivity index is 1.67. The van der Waals surface area contributed by atoms with Crippen molar-refractivity contribution in [2.24, 2.45) is 9.98 Å². The number of benzene rings is 1. The summed E-state index contributed by atoms with van der Waals surface area (Å²) in [6.07, 6.45) is 6.83. The molecule has 2 N–H and O–H groups in total. The second kappa shape index (κ2) is 5.77. The lowest BCUT2D eigenvalue weighted by Crippen LogP contribution is -2.37. The largest absolute Gasteiger partial charge is 0.497 e. The summed E-state index contributed by atoms with van der Waals surface area (Å²) in [6, 6.07) is 7.81. The lowest BCUT2D eigenvalue weighted by Gasteiger charge is -2.24. The number of allylic oxidation sites excluding steroid dienone is 2. The minimum Gasteiger partial charge on any atom is -0.497 e. The number of hydrogen-bond acceptors (Lipinski definition) is 5. The molecule has 0 aromatic heterocycles. The number of nitrogens with one attached hydrogen (secondary N) is 2. The van der Waals surface area contributed by atoms with Gasteiger partial charge in [0.1, 0.15) is 5.75 Å². The van der Waals surface area contributed by atoms with Gasteiger partial charge in [-0.25, -0.2) is 4.99 Å². The van der Waals surface area contributed by atoms with E-state index in [0.29, 0.717) is 0 Å². The molecule has 2 aliphatic rings. The first-order valence-corrected chi connectivity index (χ1v) is 6.81. The Bertz CT molecular complexity index is 560. The molecule has 1 aromatic carbocycles. The van der Waals surface area contributed by atoms with Crippen LogP contribution in [0.15, 0.2) is 45.6 Å². The Kier molecular flexibility index (Phi) is 3.67. The van der Waals surface area contributed by atoms with E-state index in [-0.39, 0.29) is 6.29 Å². The SMILES string of the molecule is COc1ccc(NC2N=CC3=C(CCCC=N3)N2)cc1. The number of anilines is 1. The molecule has 1 aromatic rings. The maximum absolute atomic E-state index is 5.15. The standard InChI is InChI=1S/C15H18N4O/c1-20-12-7-5-11(6-8-12)18-15-17-10-14-13(19-15)4-2-3-9-16-14/h5-10,15,18-19H,2-4H2,1H3. The average Bonchev–Trinajstić information content (AvgIpc) is 2.73. The summed E-state index contributed by atoms with van der Waals surface area (Å²) in [5.74, 6) is 0.846. The van der Waals surface area contributed by atoms with Crippen molar-refractivity contribution >= 4 is 18.1 Å². The summed E-state index contributed by atoms with van der Waals surface area (Å²) < 4.78 is 5.15. The topological polar surface area (TPSA) is 58.0 Å². The van der Waals surface area contributed by atoms with E-state index in [4.69, 9.17) is 4.74 Å². The molecule has 1 atom stereocenters. The summed E-state index contributed by atoms with van der Waals surface area (Å²) in [5.41, 5.74) is 3.12. The molecule has 0 aliphatic carbocycles. The van der Waals surface area contributed by atoms with Gasteiger partial charge >= 0.3 is 0 Å². The van der Waals surface area contributed by atoms with Gasteiger partial charge in [0.15, 0.2) is 6.29 Å². The molecule has 0 amide bonds. The van der Waals surface area contributed by atoms with Gasteiger partial charge in [0.05, 0.1) is 19.0 Å². The van der Waals surface area contributed by atoms with Gasteiger partial charge in [0.2, 0.25) is 0 Å². The molecule has 104 valence electrons. The summed E-state index contributed by atoms with van der Waals surface area (Å²) in [6.45, 7) is 0. The Morgan fingerprint density at radius 1 is 1.30 bits per heavy atom. The van der Waals surface area contributed by atoms with E-state index in [1.807, 2.05) is 36.7 Å². The Hall–Kier alpha value is -2.30. The number of ether oxygens (including phenoxy) is 1. The van der Waals surface area contributed by atoms with Crippen LogP contribution < -0.4 is 15.4 Å². The number of nitrogens with zero attached hydrogens (tertiary/aromatic N) is 2. The van der Waals surface area contributed by atoms with Gasteiger partial charge in [-0.15, -0.1) is 0 Å². The minimum absolute atomic E-state index is 0.143. The van der Waals surface area contributed by atoms with Crippen LogP contribution in [0.25, 0.3) is 0 Å². The van der Waals surface area contributed by atoms with Crippen molar-refractivity contribution in [3.63, 3.8) is 0 Å². The summed E-state index contributed by atoms with van der Waals surface area (Å²) in [5, 5.41) is 6.73. The van der Waals surface area contributed by atoms with Crippen molar-refractivity contribution in [1.29, 1.82) is 0 Å². The molecule has 2 aliphatic heterocycles. The van der Waals surface area contributed by atoms with Crippen molar-refractivity contribution in [2.75, 3.05) is 12.4 Å². The van der Waals surface area contributed by atoms with Gasteiger partial charge in [-0.3, -0.25) is 4.99 Å². The highest BCUT2D eigenvalue weighted by atomic mass is 16.5. The maximum Gasteiger partial charge on any atom is 0.194 e. The fourth-order valence-electron chi connectivity index (χ4n) is 2.26. The quantitative estimate of drug-likeness (QED) is 0.887. The van der Waals surface area contributed by atoms with Gasteiger partial charge in [-0.05, 0) is 43.5 Å². The first kappa shape index (κ1) is 12.7. The van der Waals surface area contributed by atoms with Crippen LogP contribution in [0.5, 0.6) is 5.75 Å². The Morgan fingerprint density at radius 3 is 2.95 bits per heavy atom. The number of rotatable bonds is 3. The van der Waals surface area contributed by atoms with E-state index in [2.05, 4.69) is 20.6 Å². The molecule has 3 rings (SSSR count). The van der Waals surface area contributed by atoms with E-state index in [1.165, 1.54) is 5.70 Å². The van der Waals surface area contributed by atoms with Crippen molar-refractivity contribution in [1.82, 2.24) is 5.32 Å². The van der Waals surface area contributed by atoms with Crippen molar-refractivity contribution < 1.29 is 4.74 Å². The molecule has 0 radical (unpaired) electrons. The minimum atomic E-state index is -0.143. The fraction of sp³-hybridized carbons (Fsp3) is 0.333. The Morgan fingerprint density at radius 2 is 2.15 bits per heavy atom. The molecule has 0 saturated carbocycles. The molecule has 0 bridgehead atoms. The Labute approximate surface area is 118 Å². The number of methoxy groups -OCH3 is 1. The highest BCUT2D eigenvalue weighted by molar-refractivity contribution is 5.83. The van der Waals surface area contributed by atoms with E-state index >= 15 is 0 Å². The molecule has 0 saturated heterocycles. The van der Waals surface area contributed by atoms with Gasteiger partial charge < -0.3 is 15.4 Å². The lowest BCUT2D eigenvalue weighted by molar-refractivity contribution is 0.415. The second-order valence-corrected chi connectivity index (χ2v) is 4.77. The predicted molar refractivity (Wildman–Crippen MR) is 81.4 cm³/mol. The highest BCUT2D eigenvalue weighted by Gasteiger charge is 2.16. The lowest BCUT2D eigenvalue weighted by atomic mass is 10.2.